The molecule has 0 N–H and O–H groups in total. The summed E-state index contributed by atoms with van der Waals surface area (Å²) in [4.78, 5) is 0. The monoisotopic (exact) mass is 410 g/mol. The number of fused-ring (bicyclic) bond motifs is 5. The summed E-state index contributed by atoms with van der Waals surface area (Å²) >= 11 is 0. The van der Waals surface area contributed by atoms with Crippen LogP contribution in [-0.4, -0.2) is 0 Å². The van der Waals surface area contributed by atoms with E-state index in [4.69, 9.17) is 0 Å². The first kappa shape index (κ1) is 22.7. The molecular weight excluding hydrogens is 360 g/mol. The average Bonchev–Trinajstić information content (AvgIpc) is 3.07. The maximum atomic E-state index is 2.74. The second kappa shape index (κ2) is 8.78. The van der Waals surface area contributed by atoms with E-state index in [0.717, 1.165) is 41.4 Å². The van der Waals surface area contributed by atoms with E-state index in [0.29, 0.717) is 10.8 Å². The molecule has 0 aliphatic heterocycles. The van der Waals surface area contributed by atoms with Crippen molar-refractivity contribution in [2.24, 2.45) is 52.3 Å². The van der Waals surface area contributed by atoms with Gasteiger partial charge in [0.15, 0.2) is 0 Å². The summed E-state index contributed by atoms with van der Waals surface area (Å²) in [6.07, 6.45) is 23.6. The quantitative estimate of drug-likeness (QED) is 0.383. The third kappa shape index (κ3) is 3.77. The van der Waals surface area contributed by atoms with Gasteiger partial charge in [0.05, 0.1) is 0 Å². The van der Waals surface area contributed by atoms with Crippen molar-refractivity contribution in [3.63, 3.8) is 0 Å². The second-order valence-electron chi connectivity index (χ2n) is 12.7. The highest BCUT2D eigenvalue weighted by atomic mass is 14.6. The van der Waals surface area contributed by atoms with Crippen LogP contribution in [0.1, 0.15) is 112 Å². The van der Waals surface area contributed by atoms with Gasteiger partial charge in [0.25, 0.3) is 0 Å². The Balaban J connectivity index is 1.46. The Hall–Kier alpha value is -0.520. The van der Waals surface area contributed by atoms with Crippen molar-refractivity contribution in [1.29, 1.82) is 0 Å². The molecular formula is C30H50. The van der Waals surface area contributed by atoms with Crippen LogP contribution in [0.25, 0.3) is 0 Å². The molecule has 4 aliphatic carbocycles. The zero-order valence-electron chi connectivity index (χ0n) is 21.1. The molecule has 0 amide bonds. The van der Waals surface area contributed by atoms with E-state index in [1.807, 2.05) is 5.57 Å². The zero-order valence-corrected chi connectivity index (χ0v) is 21.1. The summed E-state index contributed by atoms with van der Waals surface area (Å²) in [7, 11) is 0. The lowest BCUT2D eigenvalue weighted by Crippen LogP contribution is -2.50. The first-order valence-electron chi connectivity index (χ1n) is 13.7. The lowest BCUT2D eigenvalue weighted by atomic mass is 9.47. The second-order valence-corrected chi connectivity index (χ2v) is 12.7. The molecule has 4 rings (SSSR count). The largest absolute Gasteiger partial charge is 0.0880 e. The van der Waals surface area contributed by atoms with Crippen LogP contribution < -0.4 is 0 Å². The summed E-state index contributed by atoms with van der Waals surface area (Å²) in [5.41, 5.74) is 3.02. The van der Waals surface area contributed by atoms with Gasteiger partial charge in [-0.05, 0) is 116 Å². The van der Waals surface area contributed by atoms with Crippen LogP contribution in [0.15, 0.2) is 23.8 Å². The summed E-state index contributed by atoms with van der Waals surface area (Å²) in [5, 5.41) is 0. The Morgan fingerprint density at radius 3 is 2.57 bits per heavy atom. The van der Waals surface area contributed by atoms with Crippen molar-refractivity contribution >= 4 is 0 Å². The van der Waals surface area contributed by atoms with E-state index in [2.05, 4.69) is 59.8 Å². The molecule has 0 aromatic rings. The van der Waals surface area contributed by atoms with Gasteiger partial charge in [-0.25, -0.2) is 0 Å². The van der Waals surface area contributed by atoms with Gasteiger partial charge in [-0.3, -0.25) is 0 Å². The molecule has 8 unspecified atom stereocenters. The van der Waals surface area contributed by atoms with Gasteiger partial charge in [0, 0.05) is 0 Å². The molecule has 0 aromatic carbocycles. The minimum atomic E-state index is 0.556. The lowest BCUT2D eigenvalue weighted by Gasteiger charge is -2.58. The summed E-state index contributed by atoms with van der Waals surface area (Å²) < 4.78 is 0. The van der Waals surface area contributed by atoms with Crippen LogP contribution in [-0.2, 0) is 0 Å². The standard InChI is InChI=1S/C30H50/c1-7-23(21(2)3)12-10-11-22(4)26-16-17-27-25-15-14-24-13-8-9-19-29(24,5)28(25)18-20-30(26,27)6/h10,12,14,21-23,25-28H,7-9,11,13,15-20H2,1-6H3/b12-10+. The van der Waals surface area contributed by atoms with E-state index in [9.17, 15) is 0 Å². The van der Waals surface area contributed by atoms with Gasteiger partial charge < -0.3 is 0 Å². The van der Waals surface area contributed by atoms with E-state index in [-0.39, 0.29) is 0 Å². The average molecular weight is 411 g/mol. The molecule has 8 atom stereocenters. The van der Waals surface area contributed by atoms with Crippen LogP contribution in [0.4, 0.5) is 0 Å². The molecule has 0 radical (unpaired) electrons. The van der Waals surface area contributed by atoms with Crippen molar-refractivity contribution in [3.8, 4) is 0 Å². The van der Waals surface area contributed by atoms with Gasteiger partial charge in [-0.15, -0.1) is 0 Å². The lowest BCUT2D eigenvalue weighted by molar-refractivity contribution is -0.0491. The first-order valence-corrected chi connectivity index (χ1v) is 13.7. The van der Waals surface area contributed by atoms with Gasteiger partial charge >= 0.3 is 0 Å². The van der Waals surface area contributed by atoms with Gasteiger partial charge in [-0.1, -0.05) is 71.8 Å². The Morgan fingerprint density at radius 1 is 1.03 bits per heavy atom. The Kier molecular flexibility index (Phi) is 6.64. The molecule has 0 heteroatoms. The van der Waals surface area contributed by atoms with E-state index in [1.54, 1.807) is 0 Å². The molecule has 0 spiro atoms. The van der Waals surface area contributed by atoms with Crippen LogP contribution in [0.3, 0.4) is 0 Å². The maximum absolute atomic E-state index is 2.74. The fourth-order valence-corrected chi connectivity index (χ4v) is 9.14. The zero-order chi connectivity index (χ0) is 21.5. The highest BCUT2D eigenvalue weighted by Gasteiger charge is 2.58. The highest BCUT2D eigenvalue weighted by molar-refractivity contribution is 5.24. The van der Waals surface area contributed by atoms with Gasteiger partial charge in [0.2, 0.25) is 0 Å². The molecule has 0 aromatic heterocycles. The first-order chi connectivity index (χ1) is 14.3. The number of allylic oxidation sites excluding steroid dienone is 4. The molecule has 4 aliphatic rings. The SMILES string of the molecule is CCC(/C=C/CC(C)C1CCC2C3CC=C4CCCCC4(C)C3CCC12C)C(C)C. The van der Waals surface area contributed by atoms with E-state index in [1.165, 1.54) is 70.6 Å². The van der Waals surface area contributed by atoms with Crippen molar-refractivity contribution in [3.05, 3.63) is 23.8 Å². The molecule has 170 valence electrons. The molecule has 0 nitrogen and oxygen atoms in total. The number of hydrogen-bond donors (Lipinski definition) is 0. The maximum Gasteiger partial charge on any atom is -0.00853 e. The Labute approximate surface area is 188 Å². The summed E-state index contributed by atoms with van der Waals surface area (Å²) in [6.45, 7) is 15.1. The number of rotatable bonds is 6. The van der Waals surface area contributed by atoms with Crippen LogP contribution >= 0.6 is 0 Å². The van der Waals surface area contributed by atoms with Crippen LogP contribution in [0.5, 0.6) is 0 Å². The Bertz CT molecular complexity index is 653. The van der Waals surface area contributed by atoms with E-state index >= 15 is 0 Å². The van der Waals surface area contributed by atoms with Crippen molar-refractivity contribution < 1.29 is 0 Å². The predicted molar refractivity (Wildman–Crippen MR) is 131 cm³/mol. The van der Waals surface area contributed by atoms with Gasteiger partial charge in [-0.2, -0.15) is 0 Å². The number of hydrogen-bond acceptors (Lipinski definition) is 0. The smallest absolute Gasteiger partial charge is 0.00853 e. The predicted octanol–water partition coefficient (Wildman–Crippen LogP) is 9.22. The Morgan fingerprint density at radius 2 is 1.83 bits per heavy atom. The fraction of sp³-hybridized carbons (Fsp3) is 0.867. The molecule has 0 saturated heterocycles. The van der Waals surface area contributed by atoms with Crippen molar-refractivity contribution in [2.75, 3.05) is 0 Å². The normalized spacial score (nSPS) is 43.1. The van der Waals surface area contributed by atoms with Gasteiger partial charge in [0.1, 0.15) is 0 Å². The molecule has 0 heterocycles. The molecule has 30 heavy (non-hydrogen) atoms. The third-order valence-electron chi connectivity index (χ3n) is 11.0. The highest BCUT2D eigenvalue weighted by Crippen LogP contribution is 2.67. The van der Waals surface area contributed by atoms with Crippen molar-refractivity contribution in [2.45, 2.75) is 112 Å². The minimum absolute atomic E-state index is 0.556. The van der Waals surface area contributed by atoms with E-state index < -0.39 is 0 Å². The molecule has 3 fully saturated rings. The minimum Gasteiger partial charge on any atom is -0.0880 e. The summed E-state index contributed by atoms with van der Waals surface area (Å²) in [6, 6.07) is 0. The third-order valence-corrected chi connectivity index (χ3v) is 11.0. The fourth-order valence-electron chi connectivity index (χ4n) is 9.14. The topological polar surface area (TPSA) is 0 Å². The van der Waals surface area contributed by atoms with Crippen LogP contribution in [0, 0.1) is 52.3 Å². The van der Waals surface area contributed by atoms with Crippen LogP contribution in [0.2, 0.25) is 0 Å². The van der Waals surface area contributed by atoms with Crippen molar-refractivity contribution in [1.82, 2.24) is 0 Å². The molecule has 0 bridgehead atoms. The summed E-state index contributed by atoms with van der Waals surface area (Å²) in [5.74, 6) is 6.28. The molecule has 3 saturated carbocycles.